The van der Waals surface area contributed by atoms with E-state index in [-0.39, 0.29) is 43.4 Å². The Morgan fingerprint density at radius 3 is 2.62 bits per heavy atom. The molecule has 1 fully saturated rings. The molecule has 0 aliphatic carbocycles. The molecule has 0 spiro atoms. The van der Waals surface area contributed by atoms with Gasteiger partial charge in [0.1, 0.15) is 13.2 Å². The van der Waals surface area contributed by atoms with Gasteiger partial charge in [-0.15, -0.1) is 0 Å². The molecule has 26 heavy (non-hydrogen) atoms. The Morgan fingerprint density at radius 1 is 1.31 bits per heavy atom. The number of anilines is 1. The predicted molar refractivity (Wildman–Crippen MR) is 102 cm³/mol. The van der Waals surface area contributed by atoms with E-state index < -0.39 is 0 Å². The van der Waals surface area contributed by atoms with Gasteiger partial charge in [0.2, 0.25) is 17.7 Å². The third-order valence-electron chi connectivity index (χ3n) is 4.88. The maximum absolute atomic E-state index is 12.6. The summed E-state index contributed by atoms with van der Waals surface area (Å²) in [4.78, 5) is 42.0. The van der Waals surface area contributed by atoms with Crippen LogP contribution in [-0.4, -0.2) is 53.8 Å². The monoisotopic (exact) mass is 379 g/mol. The van der Waals surface area contributed by atoms with Crippen LogP contribution in [0.4, 0.5) is 5.69 Å². The van der Waals surface area contributed by atoms with E-state index >= 15 is 0 Å². The average Bonchev–Trinajstić information content (AvgIpc) is 3.02. The molecule has 1 unspecified atom stereocenters. The van der Waals surface area contributed by atoms with Crippen molar-refractivity contribution in [2.75, 3.05) is 31.2 Å². The summed E-state index contributed by atoms with van der Waals surface area (Å²) < 4.78 is 0. The molecule has 1 heterocycles. The number of carbonyl (C=O) groups is 3. The first-order chi connectivity index (χ1) is 12.3. The minimum Gasteiger partial charge on any atom is -0.333 e. The topological polar surface area (TPSA) is 60.9 Å². The molecule has 0 N–H and O–H groups in total. The third-order valence-corrected chi connectivity index (χ3v) is 5.28. The van der Waals surface area contributed by atoms with Crippen molar-refractivity contribution in [3.8, 4) is 0 Å². The summed E-state index contributed by atoms with van der Waals surface area (Å²) in [5.41, 5.74) is 1.51. The Hall–Kier alpha value is -2.08. The number of halogens is 1. The maximum atomic E-state index is 12.6. The summed E-state index contributed by atoms with van der Waals surface area (Å²) in [5.74, 6) is -0.524. The molecule has 0 bridgehead atoms. The third kappa shape index (κ3) is 4.18. The summed E-state index contributed by atoms with van der Waals surface area (Å²) in [6.07, 6.45) is 0.730. The predicted octanol–water partition coefficient (Wildman–Crippen LogP) is 2.68. The number of rotatable bonds is 6. The van der Waals surface area contributed by atoms with Crippen molar-refractivity contribution >= 4 is 35.0 Å². The van der Waals surface area contributed by atoms with E-state index in [1.807, 2.05) is 33.8 Å². The molecule has 1 aromatic carbocycles. The van der Waals surface area contributed by atoms with Crippen molar-refractivity contribution in [2.24, 2.45) is 5.92 Å². The fourth-order valence-corrected chi connectivity index (χ4v) is 3.08. The van der Waals surface area contributed by atoms with E-state index in [0.717, 1.165) is 12.0 Å². The lowest BCUT2D eigenvalue weighted by atomic mass is 10.1. The van der Waals surface area contributed by atoms with Gasteiger partial charge in [0.25, 0.3) is 0 Å². The molecule has 142 valence electrons. The number of benzene rings is 1. The van der Waals surface area contributed by atoms with Crippen LogP contribution in [-0.2, 0) is 14.4 Å². The Balaban J connectivity index is 2.09. The van der Waals surface area contributed by atoms with Crippen molar-refractivity contribution in [2.45, 2.75) is 34.1 Å². The van der Waals surface area contributed by atoms with Gasteiger partial charge < -0.3 is 9.80 Å². The minimum atomic E-state index is -0.223. The quantitative estimate of drug-likeness (QED) is 0.763. The largest absolute Gasteiger partial charge is 0.333 e. The zero-order valence-electron chi connectivity index (χ0n) is 15.8. The molecule has 0 radical (unpaired) electrons. The zero-order valence-corrected chi connectivity index (χ0v) is 16.5. The molecule has 1 saturated heterocycles. The van der Waals surface area contributed by atoms with Crippen molar-refractivity contribution in [3.63, 3.8) is 0 Å². The maximum Gasteiger partial charge on any atom is 0.248 e. The lowest BCUT2D eigenvalue weighted by Crippen LogP contribution is -2.44. The van der Waals surface area contributed by atoms with E-state index in [0.29, 0.717) is 17.3 Å². The fraction of sp³-hybridized carbons (Fsp3) is 0.526. The van der Waals surface area contributed by atoms with Crippen molar-refractivity contribution in [1.29, 1.82) is 0 Å². The first-order valence-corrected chi connectivity index (χ1v) is 9.29. The molecule has 0 saturated carbocycles. The van der Waals surface area contributed by atoms with Crippen molar-refractivity contribution < 1.29 is 14.4 Å². The highest BCUT2D eigenvalue weighted by Gasteiger charge is 2.33. The number of nitrogens with zero attached hydrogens (tertiary/aromatic N) is 3. The summed E-state index contributed by atoms with van der Waals surface area (Å²) in [6, 6.07) is 5.37. The molecule has 3 amide bonds. The molecule has 1 aliphatic rings. The first kappa shape index (κ1) is 20.2. The molecule has 1 aliphatic heterocycles. The highest BCUT2D eigenvalue weighted by molar-refractivity contribution is 6.31. The number of likely N-dealkylation sites (N-methyl/N-ethyl adjacent to an activating group) is 1. The van der Waals surface area contributed by atoms with Crippen LogP contribution < -0.4 is 4.90 Å². The second-order valence-corrected chi connectivity index (χ2v) is 7.01. The van der Waals surface area contributed by atoms with Crippen LogP contribution in [0.1, 0.15) is 32.8 Å². The lowest BCUT2D eigenvalue weighted by Gasteiger charge is -2.26. The van der Waals surface area contributed by atoms with Gasteiger partial charge in [0.15, 0.2) is 0 Å². The van der Waals surface area contributed by atoms with E-state index in [1.54, 1.807) is 21.9 Å². The van der Waals surface area contributed by atoms with Gasteiger partial charge in [-0.3, -0.25) is 19.3 Å². The van der Waals surface area contributed by atoms with Crippen LogP contribution in [0.3, 0.4) is 0 Å². The molecule has 7 heteroatoms. The number of carbonyl (C=O) groups excluding carboxylic acids is 3. The smallest absolute Gasteiger partial charge is 0.248 e. The van der Waals surface area contributed by atoms with Crippen LogP contribution in [0.25, 0.3) is 0 Å². The fourth-order valence-electron chi connectivity index (χ4n) is 2.91. The van der Waals surface area contributed by atoms with Gasteiger partial charge in [0.05, 0.1) is 6.54 Å². The van der Waals surface area contributed by atoms with Gasteiger partial charge in [0, 0.05) is 23.2 Å². The van der Waals surface area contributed by atoms with Crippen LogP contribution in [0.15, 0.2) is 18.2 Å². The van der Waals surface area contributed by atoms with E-state index in [1.165, 1.54) is 4.90 Å². The van der Waals surface area contributed by atoms with E-state index in [9.17, 15) is 14.4 Å². The van der Waals surface area contributed by atoms with Crippen molar-refractivity contribution in [1.82, 2.24) is 9.80 Å². The summed E-state index contributed by atoms with van der Waals surface area (Å²) >= 11 is 6.14. The number of hydrogen-bond acceptors (Lipinski definition) is 3. The number of hydrogen-bond donors (Lipinski definition) is 0. The highest BCUT2D eigenvalue weighted by atomic mass is 35.5. The molecular weight excluding hydrogens is 354 g/mol. The number of amides is 3. The van der Waals surface area contributed by atoms with Crippen LogP contribution in [0.5, 0.6) is 0 Å². The Morgan fingerprint density at radius 2 is 2.00 bits per heavy atom. The van der Waals surface area contributed by atoms with E-state index in [4.69, 9.17) is 11.6 Å². The standard InChI is InChI=1S/C19H26ClN3O3/c1-5-13(3)19(26)21(6-2)10-17(24)22-11-18(25)23(12-22)16-9-7-8-15(20)14(16)4/h7-9,13H,5-6,10-12H2,1-4H3. The molecule has 2 rings (SSSR count). The van der Waals surface area contributed by atoms with Gasteiger partial charge in [-0.1, -0.05) is 31.5 Å². The van der Waals surface area contributed by atoms with Crippen LogP contribution in [0.2, 0.25) is 5.02 Å². The first-order valence-electron chi connectivity index (χ1n) is 8.92. The normalized spacial score (nSPS) is 15.3. The van der Waals surface area contributed by atoms with E-state index in [2.05, 4.69) is 0 Å². The second kappa shape index (κ2) is 8.54. The van der Waals surface area contributed by atoms with Crippen molar-refractivity contribution in [3.05, 3.63) is 28.8 Å². The average molecular weight is 380 g/mol. The zero-order chi connectivity index (χ0) is 19.4. The lowest BCUT2D eigenvalue weighted by molar-refractivity contribution is -0.142. The second-order valence-electron chi connectivity index (χ2n) is 6.60. The Labute approximate surface area is 159 Å². The summed E-state index contributed by atoms with van der Waals surface area (Å²) in [5, 5.41) is 0.580. The van der Waals surface area contributed by atoms with Gasteiger partial charge in [-0.05, 0) is 38.0 Å². The molecular formula is C19H26ClN3O3. The Bertz CT molecular complexity index is 707. The van der Waals surface area contributed by atoms with Gasteiger partial charge in [-0.2, -0.15) is 0 Å². The molecule has 6 nitrogen and oxygen atoms in total. The molecule has 1 aromatic rings. The Kier molecular flexibility index (Phi) is 6.64. The van der Waals surface area contributed by atoms with Gasteiger partial charge in [-0.25, -0.2) is 0 Å². The molecule has 1 atom stereocenters. The SMILES string of the molecule is CCC(C)C(=O)N(CC)CC(=O)N1CC(=O)N(c2cccc(Cl)c2C)C1. The van der Waals surface area contributed by atoms with Gasteiger partial charge >= 0.3 is 0 Å². The van der Waals surface area contributed by atoms with Crippen LogP contribution in [0, 0.1) is 12.8 Å². The minimum absolute atomic E-state index is 0.00464. The summed E-state index contributed by atoms with van der Waals surface area (Å²) in [7, 11) is 0. The van der Waals surface area contributed by atoms with Crippen LogP contribution >= 0.6 is 11.6 Å². The highest BCUT2D eigenvalue weighted by Crippen LogP contribution is 2.28. The molecule has 0 aromatic heterocycles. The summed E-state index contributed by atoms with van der Waals surface area (Å²) in [6.45, 7) is 8.15.